The monoisotopic (exact) mass is 322 g/mol. The number of anilines is 1. The summed E-state index contributed by atoms with van der Waals surface area (Å²) in [7, 11) is 2.49. The van der Waals surface area contributed by atoms with Crippen molar-refractivity contribution in [2.24, 2.45) is 0 Å². The Bertz CT molecular complexity index is 582. The molecule has 0 radical (unpaired) electrons. The molecule has 1 aromatic carbocycles. The molecule has 0 unspecified atom stereocenters. The van der Waals surface area contributed by atoms with Gasteiger partial charge in [-0.25, -0.2) is 14.4 Å². The fourth-order valence-corrected chi connectivity index (χ4v) is 2.02. The molecule has 0 heterocycles. The maximum atomic E-state index is 12.1. The molecule has 0 aliphatic heterocycles. The Labute approximate surface area is 135 Å². The van der Waals surface area contributed by atoms with Crippen LogP contribution in [0.15, 0.2) is 18.2 Å². The summed E-state index contributed by atoms with van der Waals surface area (Å²) >= 11 is 0. The van der Waals surface area contributed by atoms with Crippen LogP contribution in [0.4, 0.5) is 10.5 Å². The van der Waals surface area contributed by atoms with E-state index in [2.05, 4.69) is 20.1 Å². The first-order chi connectivity index (χ1) is 11.0. The molecule has 0 aliphatic rings. The van der Waals surface area contributed by atoms with Gasteiger partial charge in [0, 0.05) is 6.04 Å². The van der Waals surface area contributed by atoms with E-state index in [1.54, 1.807) is 0 Å². The number of nitrogens with one attached hydrogen (secondary N) is 2. The number of hydrogen-bond donors (Lipinski definition) is 2. The Morgan fingerprint density at radius 3 is 2.17 bits per heavy atom. The second-order valence-corrected chi connectivity index (χ2v) is 4.86. The highest BCUT2D eigenvalue weighted by Gasteiger charge is 2.18. The molecule has 1 aromatic rings. The zero-order valence-corrected chi connectivity index (χ0v) is 13.8. The quantitative estimate of drug-likeness (QED) is 0.785. The van der Waals surface area contributed by atoms with Crippen LogP contribution in [-0.4, -0.2) is 38.2 Å². The molecule has 0 bridgehead atoms. The minimum absolute atomic E-state index is 0.0281. The Morgan fingerprint density at radius 2 is 1.65 bits per heavy atom. The molecule has 7 heteroatoms. The number of esters is 2. The number of urea groups is 1. The third-order valence-corrected chi connectivity index (χ3v) is 3.41. The first-order valence-corrected chi connectivity index (χ1v) is 7.34. The SMILES string of the molecule is CCC(CC)NC(=O)Nc1cc(C(=O)OC)ccc1C(=O)OC. The fourth-order valence-electron chi connectivity index (χ4n) is 2.02. The van der Waals surface area contributed by atoms with Crippen molar-refractivity contribution in [2.45, 2.75) is 32.7 Å². The van der Waals surface area contributed by atoms with E-state index in [4.69, 9.17) is 0 Å². The van der Waals surface area contributed by atoms with Gasteiger partial charge in [0.2, 0.25) is 0 Å². The van der Waals surface area contributed by atoms with Crippen molar-refractivity contribution in [1.82, 2.24) is 5.32 Å². The number of methoxy groups -OCH3 is 2. The average molecular weight is 322 g/mol. The number of benzene rings is 1. The molecular weight excluding hydrogens is 300 g/mol. The van der Waals surface area contributed by atoms with Crippen molar-refractivity contribution in [2.75, 3.05) is 19.5 Å². The zero-order chi connectivity index (χ0) is 17.4. The summed E-state index contributed by atoms with van der Waals surface area (Å²) in [6, 6.07) is 3.79. The first-order valence-electron chi connectivity index (χ1n) is 7.34. The van der Waals surface area contributed by atoms with Crippen LogP contribution in [0.3, 0.4) is 0 Å². The zero-order valence-electron chi connectivity index (χ0n) is 13.8. The standard InChI is InChI=1S/C16H22N2O5/c1-5-11(6-2)17-16(21)18-13-9-10(14(19)22-3)7-8-12(13)15(20)23-4/h7-9,11H,5-6H2,1-4H3,(H2,17,18,21). The summed E-state index contributed by atoms with van der Waals surface area (Å²) in [5.74, 6) is -1.18. The molecular formula is C16H22N2O5. The lowest BCUT2D eigenvalue weighted by molar-refractivity contribution is 0.0587. The first kappa shape index (κ1) is 18.5. The molecule has 23 heavy (non-hydrogen) atoms. The highest BCUT2D eigenvalue weighted by Crippen LogP contribution is 2.19. The molecule has 0 saturated carbocycles. The molecule has 1 rings (SSSR count). The van der Waals surface area contributed by atoms with E-state index in [0.717, 1.165) is 12.8 Å². The minimum atomic E-state index is -0.612. The van der Waals surface area contributed by atoms with E-state index in [1.807, 2.05) is 13.8 Å². The molecule has 2 N–H and O–H groups in total. The summed E-state index contributed by atoms with van der Waals surface area (Å²) in [6.07, 6.45) is 1.58. The summed E-state index contributed by atoms with van der Waals surface area (Å²) in [5.41, 5.74) is 0.557. The maximum absolute atomic E-state index is 12.1. The van der Waals surface area contributed by atoms with Crippen molar-refractivity contribution in [1.29, 1.82) is 0 Å². The minimum Gasteiger partial charge on any atom is -0.465 e. The number of hydrogen-bond acceptors (Lipinski definition) is 5. The van der Waals surface area contributed by atoms with E-state index in [9.17, 15) is 14.4 Å². The topological polar surface area (TPSA) is 93.7 Å². The van der Waals surface area contributed by atoms with Crippen molar-refractivity contribution in [3.8, 4) is 0 Å². The Hall–Kier alpha value is -2.57. The van der Waals surface area contributed by atoms with Gasteiger partial charge in [-0.15, -0.1) is 0 Å². The Morgan fingerprint density at radius 1 is 1.04 bits per heavy atom. The average Bonchev–Trinajstić information content (AvgIpc) is 2.58. The van der Waals surface area contributed by atoms with Crippen LogP contribution in [-0.2, 0) is 9.47 Å². The second-order valence-electron chi connectivity index (χ2n) is 4.86. The highest BCUT2D eigenvalue weighted by molar-refractivity contribution is 6.03. The Balaban J connectivity index is 3.06. The lowest BCUT2D eigenvalue weighted by atomic mass is 10.1. The van der Waals surface area contributed by atoms with Crippen LogP contribution in [0.2, 0.25) is 0 Å². The van der Waals surface area contributed by atoms with Gasteiger partial charge in [-0.2, -0.15) is 0 Å². The predicted molar refractivity (Wildman–Crippen MR) is 85.6 cm³/mol. The molecule has 0 spiro atoms. The van der Waals surface area contributed by atoms with Gasteiger partial charge in [-0.3, -0.25) is 0 Å². The normalized spacial score (nSPS) is 10.1. The summed E-state index contributed by atoms with van der Waals surface area (Å²) < 4.78 is 9.32. The van der Waals surface area contributed by atoms with E-state index in [0.29, 0.717) is 0 Å². The number of ether oxygens (including phenoxy) is 2. The third-order valence-electron chi connectivity index (χ3n) is 3.41. The number of carbonyl (C=O) groups excluding carboxylic acids is 3. The predicted octanol–water partition coefficient (Wildman–Crippen LogP) is 2.57. The smallest absolute Gasteiger partial charge is 0.339 e. The summed E-state index contributed by atoms with van der Waals surface area (Å²) in [6.45, 7) is 3.93. The van der Waals surface area contributed by atoms with Gasteiger partial charge < -0.3 is 20.1 Å². The molecule has 126 valence electrons. The van der Waals surface area contributed by atoms with Crippen LogP contribution >= 0.6 is 0 Å². The maximum Gasteiger partial charge on any atom is 0.339 e. The van der Waals surface area contributed by atoms with Gasteiger partial charge in [0.25, 0.3) is 0 Å². The highest BCUT2D eigenvalue weighted by atomic mass is 16.5. The molecule has 0 saturated heterocycles. The van der Waals surface area contributed by atoms with Crippen molar-refractivity contribution in [3.05, 3.63) is 29.3 Å². The van der Waals surface area contributed by atoms with Crippen LogP contribution < -0.4 is 10.6 Å². The number of carbonyl (C=O) groups is 3. The van der Waals surface area contributed by atoms with Crippen LogP contribution in [0.25, 0.3) is 0 Å². The largest absolute Gasteiger partial charge is 0.465 e. The fraction of sp³-hybridized carbons (Fsp3) is 0.438. The summed E-state index contributed by atoms with van der Waals surface area (Å²) in [4.78, 5) is 35.5. The molecule has 0 aliphatic carbocycles. The second kappa shape index (κ2) is 8.77. The molecule has 7 nitrogen and oxygen atoms in total. The van der Waals surface area contributed by atoms with Crippen LogP contribution in [0, 0.1) is 0 Å². The van der Waals surface area contributed by atoms with Crippen molar-refractivity contribution < 1.29 is 23.9 Å². The molecule has 0 fully saturated rings. The van der Waals surface area contributed by atoms with Crippen molar-refractivity contribution in [3.63, 3.8) is 0 Å². The van der Waals surface area contributed by atoms with Gasteiger partial charge in [-0.1, -0.05) is 13.8 Å². The molecule has 0 atom stereocenters. The van der Waals surface area contributed by atoms with E-state index in [1.165, 1.54) is 32.4 Å². The third kappa shape index (κ3) is 4.98. The van der Waals surface area contributed by atoms with Crippen LogP contribution in [0.5, 0.6) is 0 Å². The lowest BCUT2D eigenvalue weighted by Crippen LogP contribution is -2.37. The summed E-state index contributed by atoms with van der Waals surface area (Å²) in [5, 5.41) is 5.38. The van der Waals surface area contributed by atoms with Gasteiger partial charge in [0.1, 0.15) is 0 Å². The Kier molecular flexibility index (Phi) is 7.05. The van der Waals surface area contributed by atoms with Gasteiger partial charge in [0.05, 0.1) is 31.0 Å². The van der Waals surface area contributed by atoms with E-state index in [-0.39, 0.29) is 22.9 Å². The van der Waals surface area contributed by atoms with Gasteiger partial charge in [0.15, 0.2) is 0 Å². The van der Waals surface area contributed by atoms with Crippen LogP contribution in [0.1, 0.15) is 47.4 Å². The molecule has 0 aromatic heterocycles. The van der Waals surface area contributed by atoms with Gasteiger partial charge >= 0.3 is 18.0 Å². The van der Waals surface area contributed by atoms with E-state index < -0.39 is 18.0 Å². The van der Waals surface area contributed by atoms with E-state index >= 15 is 0 Å². The number of amides is 2. The molecule has 2 amide bonds. The number of rotatable bonds is 6. The lowest BCUT2D eigenvalue weighted by Gasteiger charge is -2.17. The van der Waals surface area contributed by atoms with Gasteiger partial charge in [-0.05, 0) is 31.0 Å². The van der Waals surface area contributed by atoms with Crippen molar-refractivity contribution >= 4 is 23.7 Å².